The Balaban J connectivity index is 3.47. The normalized spacial score (nSPS) is 9.25. The Kier molecular flexibility index (Phi) is 8.97. The lowest BCUT2D eigenvalue weighted by Gasteiger charge is -2.02. The van der Waals surface area contributed by atoms with Gasteiger partial charge in [-0.15, -0.1) is 13.2 Å². The van der Waals surface area contributed by atoms with Crippen LogP contribution in [-0.2, 0) is 19.4 Å². The molecular weight excluding hydrogens is 208 g/mol. The van der Waals surface area contributed by atoms with Crippen molar-refractivity contribution in [3.8, 4) is 0 Å². The maximum Gasteiger partial charge on any atom is 0.355 e. The van der Waals surface area contributed by atoms with Gasteiger partial charge < -0.3 is 0 Å². The molecule has 0 aliphatic rings. The van der Waals surface area contributed by atoms with Crippen LogP contribution in [0.4, 0.5) is 0 Å². The highest BCUT2D eigenvalue weighted by molar-refractivity contribution is 5.72. The van der Waals surface area contributed by atoms with Gasteiger partial charge >= 0.3 is 11.9 Å². The molecule has 0 saturated carbocycles. The van der Waals surface area contributed by atoms with Gasteiger partial charge in [0.25, 0.3) is 0 Å². The van der Waals surface area contributed by atoms with Crippen LogP contribution < -0.4 is 0 Å². The van der Waals surface area contributed by atoms with Crippen molar-refractivity contribution in [2.75, 3.05) is 0 Å². The fourth-order valence-corrected chi connectivity index (χ4v) is 0.958. The van der Waals surface area contributed by atoms with Crippen LogP contribution in [0, 0.1) is 0 Å². The van der Waals surface area contributed by atoms with Gasteiger partial charge in [0.15, 0.2) is 0 Å². The fraction of sp³-hybridized carbons (Fsp3) is 0.500. The summed E-state index contributed by atoms with van der Waals surface area (Å²) in [7, 11) is 0. The molecule has 4 heteroatoms. The summed E-state index contributed by atoms with van der Waals surface area (Å²) < 4.78 is 0. The van der Waals surface area contributed by atoms with Crippen LogP contribution in [-0.4, -0.2) is 11.9 Å². The zero-order valence-electron chi connectivity index (χ0n) is 9.44. The van der Waals surface area contributed by atoms with Crippen LogP contribution >= 0.6 is 0 Å². The average molecular weight is 226 g/mol. The molecular formula is C12H18O4. The van der Waals surface area contributed by atoms with Crippen LogP contribution in [0.25, 0.3) is 0 Å². The summed E-state index contributed by atoms with van der Waals surface area (Å²) in [6, 6.07) is 0. The zero-order valence-corrected chi connectivity index (χ0v) is 9.44. The average Bonchev–Trinajstić information content (AvgIpc) is 2.27. The molecule has 90 valence electrons. The second-order valence-electron chi connectivity index (χ2n) is 3.27. The molecule has 0 aromatic heterocycles. The van der Waals surface area contributed by atoms with Crippen molar-refractivity contribution < 1.29 is 19.4 Å². The highest BCUT2D eigenvalue weighted by atomic mass is 17.2. The van der Waals surface area contributed by atoms with E-state index in [1.165, 1.54) is 0 Å². The number of carbonyl (C=O) groups excluding carboxylic acids is 2. The van der Waals surface area contributed by atoms with Crippen LogP contribution in [0.3, 0.4) is 0 Å². The van der Waals surface area contributed by atoms with Crippen molar-refractivity contribution in [1.82, 2.24) is 0 Å². The third-order valence-electron chi connectivity index (χ3n) is 1.81. The molecule has 0 bridgehead atoms. The number of hydrogen-bond acceptors (Lipinski definition) is 4. The first kappa shape index (κ1) is 14.4. The van der Waals surface area contributed by atoms with Crippen molar-refractivity contribution in [3.63, 3.8) is 0 Å². The number of rotatable bonds is 8. The molecule has 0 heterocycles. The van der Waals surface area contributed by atoms with Gasteiger partial charge in [-0.3, -0.25) is 0 Å². The predicted octanol–water partition coefficient (Wildman–Crippen LogP) is 2.70. The summed E-state index contributed by atoms with van der Waals surface area (Å²) in [4.78, 5) is 30.7. The van der Waals surface area contributed by atoms with Gasteiger partial charge in [-0.05, 0) is 25.7 Å². The lowest BCUT2D eigenvalue weighted by molar-refractivity contribution is -0.259. The summed E-state index contributed by atoms with van der Waals surface area (Å²) in [6.07, 6.45) is 6.67. The third kappa shape index (κ3) is 8.99. The summed E-state index contributed by atoms with van der Waals surface area (Å²) in [5, 5.41) is 0. The van der Waals surface area contributed by atoms with Gasteiger partial charge in [0, 0.05) is 0 Å². The van der Waals surface area contributed by atoms with E-state index in [4.69, 9.17) is 0 Å². The third-order valence-corrected chi connectivity index (χ3v) is 1.81. The van der Waals surface area contributed by atoms with Gasteiger partial charge in [0.05, 0.1) is 12.8 Å². The minimum atomic E-state index is -0.529. The quantitative estimate of drug-likeness (QED) is 0.276. The summed E-state index contributed by atoms with van der Waals surface area (Å²) >= 11 is 0. The highest BCUT2D eigenvalue weighted by Crippen LogP contribution is 2.01. The van der Waals surface area contributed by atoms with E-state index < -0.39 is 11.9 Å². The Labute approximate surface area is 95.9 Å². The van der Waals surface area contributed by atoms with E-state index >= 15 is 0 Å². The number of carbonyl (C=O) groups is 2. The Morgan fingerprint density at radius 1 is 0.875 bits per heavy atom. The van der Waals surface area contributed by atoms with Crippen LogP contribution in [0.1, 0.15) is 38.5 Å². The molecule has 0 amide bonds. The molecule has 0 aliphatic heterocycles. The van der Waals surface area contributed by atoms with E-state index in [0.29, 0.717) is 12.8 Å². The van der Waals surface area contributed by atoms with Gasteiger partial charge in [-0.2, -0.15) is 0 Å². The van der Waals surface area contributed by atoms with Gasteiger partial charge in [-0.1, -0.05) is 12.2 Å². The molecule has 0 spiro atoms. The number of unbranched alkanes of at least 4 members (excludes halogenated alkanes) is 2. The molecule has 0 fully saturated rings. The van der Waals surface area contributed by atoms with E-state index in [2.05, 4.69) is 22.9 Å². The molecule has 16 heavy (non-hydrogen) atoms. The van der Waals surface area contributed by atoms with E-state index in [-0.39, 0.29) is 12.8 Å². The Hall–Kier alpha value is -1.58. The largest absolute Gasteiger partial charge is 0.355 e. The van der Waals surface area contributed by atoms with Crippen molar-refractivity contribution in [3.05, 3.63) is 25.3 Å². The molecule has 0 radical (unpaired) electrons. The Bertz CT molecular complexity index is 219. The first-order chi connectivity index (χ1) is 7.70. The molecule has 0 N–H and O–H groups in total. The van der Waals surface area contributed by atoms with Crippen LogP contribution in [0.2, 0.25) is 0 Å². The van der Waals surface area contributed by atoms with Gasteiger partial charge in [0.2, 0.25) is 0 Å². The smallest absolute Gasteiger partial charge is 0.247 e. The van der Waals surface area contributed by atoms with E-state index in [9.17, 15) is 9.59 Å². The maximum atomic E-state index is 11.0. The molecule has 0 rings (SSSR count). The minimum absolute atomic E-state index is 0.228. The predicted molar refractivity (Wildman–Crippen MR) is 60.3 cm³/mol. The summed E-state index contributed by atoms with van der Waals surface area (Å²) in [6.45, 7) is 7.06. The first-order valence-corrected chi connectivity index (χ1v) is 5.32. The van der Waals surface area contributed by atoms with Gasteiger partial charge in [0.1, 0.15) is 0 Å². The van der Waals surface area contributed by atoms with Crippen molar-refractivity contribution in [2.45, 2.75) is 38.5 Å². The second kappa shape index (κ2) is 9.96. The van der Waals surface area contributed by atoms with Gasteiger partial charge in [-0.25, -0.2) is 19.4 Å². The number of allylic oxidation sites excluding steroid dienone is 2. The van der Waals surface area contributed by atoms with E-state index in [1.54, 1.807) is 12.2 Å². The molecule has 0 atom stereocenters. The van der Waals surface area contributed by atoms with Crippen molar-refractivity contribution >= 4 is 11.9 Å². The van der Waals surface area contributed by atoms with Crippen LogP contribution in [0.15, 0.2) is 25.3 Å². The molecule has 0 saturated heterocycles. The maximum absolute atomic E-state index is 11.0. The standard InChI is InChI=1S/C12H18O4/c1-3-5-7-9-11(13)15-16-12(14)10-8-6-4-2/h3-4H,1-2,5-10H2. The Morgan fingerprint density at radius 3 is 1.56 bits per heavy atom. The number of hydrogen-bond donors (Lipinski definition) is 0. The monoisotopic (exact) mass is 226 g/mol. The molecule has 0 unspecified atom stereocenters. The lowest BCUT2D eigenvalue weighted by Crippen LogP contribution is -2.10. The van der Waals surface area contributed by atoms with E-state index in [1.807, 2.05) is 0 Å². The summed E-state index contributed by atoms with van der Waals surface area (Å²) in [5.74, 6) is -1.06. The Morgan fingerprint density at radius 2 is 1.25 bits per heavy atom. The van der Waals surface area contributed by atoms with Crippen molar-refractivity contribution in [2.24, 2.45) is 0 Å². The fourth-order valence-electron chi connectivity index (χ4n) is 0.958. The second-order valence-corrected chi connectivity index (χ2v) is 3.27. The van der Waals surface area contributed by atoms with Crippen molar-refractivity contribution in [1.29, 1.82) is 0 Å². The molecule has 4 nitrogen and oxygen atoms in total. The SMILES string of the molecule is C=CCCCC(=O)OOC(=O)CCCC=C. The molecule has 0 aliphatic carbocycles. The lowest BCUT2D eigenvalue weighted by atomic mass is 10.2. The topological polar surface area (TPSA) is 52.6 Å². The first-order valence-electron chi connectivity index (χ1n) is 5.32. The van der Waals surface area contributed by atoms with Crippen LogP contribution in [0.5, 0.6) is 0 Å². The van der Waals surface area contributed by atoms with E-state index in [0.717, 1.165) is 12.8 Å². The zero-order chi connectivity index (χ0) is 12.2. The summed E-state index contributed by atoms with van der Waals surface area (Å²) in [5.41, 5.74) is 0. The highest BCUT2D eigenvalue weighted by Gasteiger charge is 2.08. The molecule has 0 aromatic rings. The molecule has 0 aromatic carbocycles. The minimum Gasteiger partial charge on any atom is -0.247 e.